The fraction of sp³-hybridized carbons (Fsp3) is 0.500. The summed E-state index contributed by atoms with van der Waals surface area (Å²) in [4.78, 5) is 11.9. The maximum Gasteiger partial charge on any atom is 0.422 e. The van der Waals surface area contributed by atoms with E-state index in [0.717, 1.165) is 19.3 Å². The fourth-order valence-corrected chi connectivity index (χ4v) is 2.67. The van der Waals surface area contributed by atoms with E-state index in [1.54, 1.807) is 0 Å². The van der Waals surface area contributed by atoms with Crippen LogP contribution in [0.2, 0.25) is 0 Å². The van der Waals surface area contributed by atoms with Crippen LogP contribution in [-0.4, -0.2) is 32.5 Å². The van der Waals surface area contributed by atoms with E-state index >= 15 is 0 Å². The van der Waals surface area contributed by atoms with Crippen LogP contribution in [0.1, 0.15) is 32.1 Å². The van der Waals surface area contributed by atoms with Gasteiger partial charge in [0, 0.05) is 18.3 Å². The molecule has 144 valence electrons. The lowest BCUT2D eigenvalue weighted by atomic mass is 9.97. The highest BCUT2D eigenvalue weighted by molar-refractivity contribution is 5.89. The third-order valence-corrected chi connectivity index (χ3v) is 3.93. The van der Waals surface area contributed by atoms with Gasteiger partial charge < -0.3 is 20.1 Å². The van der Waals surface area contributed by atoms with E-state index < -0.39 is 18.8 Å². The quantitative estimate of drug-likeness (QED) is 0.685. The molecule has 0 unspecified atom stereocenters. The summed E-state index contributed by atoms with van der Waals surface area (Å²) in [7, 11) is 1.33. The van der Waals surface area contributed by atoms with Crippen LogP contribution in [-0.2, 0) is 0 Å². The van der Waals surface area contributed by atoms with Crippen LogP contribution < -0.4 is 20.1 Å². The van der Waals surface area contributed by atoms with Gasteiger partial charge in [-0.05, 0) is 44.2 Å². The Hall–Kier alpha value is -2.38. The maximum absolute atomic E-state index is 12.3. The molecule has 2 rings (SSSR count). The molecule has 0 saturated carbocycles. The second-order valence-corrected chi connectivity index (χ2v) is 6.01. The zero-order valence-electron chi connectivity index (χ0n) is 14.6. The number of halogens is 3. The number of amides is 2. The largest absolute Gasteiger partial charge is 0.493 e. The Morgan fingerprint density at radius 2 is 2.04 bits per heavy atom. The zero-order chi connectivity index (χ0) is 19.0. The first-order valence-corrected chi connectivity index (χ1v) is 8.48. The number of carbonyl (C=O) groups is 1. The van der Waals surface area contributed by atoms with E-state index in [4.69, 9.17) is 9.47 Å². The number of alkyl halides is 3. The van der Waals surface area contributed by atoms with Crippen molar-refractivity contribution in [2.24, 2.45) is 0 Å². The lowest BCUT2D eigenvalue weighted by molar-refractivity contribution is -0.153. The fourth-order valence-electron chi connectivity index (χ4n) is 2.67. The van der Waals surface area contributed by atoms with E-state index in [9.17, 15) is 18.0 Å². The van der Waals surface area contributed by atoms with Crippen molar-refractivity contribution in [3.63, 3.8) is 0 Å². The van der Waals surface area contributed by atoms with E-state index in [-0.39, 0.29) is 11.5 Å². The molecule has 0 aliphatic heterocycles. The molecule has 0 heterocycles. The van der Waals surface area contributed by atoms with E-state index in [1.807, 2.05) is 0 Å². The van der Waals surface area contributed by atoms with Crippen LogP contribution in [0.25, 0.3) is 0 Å². The molecule has 0 aromatic heterocycles. The number of methoxy groups -OCH3 is 1. The van der Waals surface area contributed by atoms with Gasteiger partial charge in [-0.15, -0.1) is 0 Å². The molecule has 5 nitrogen and oxygen atoms in total. The normalized spacial score (nSPS) is 14.4. The number of anilines is 1. The smallest absolute Gasteiger partial charge is 0.422 e. The van der Waals surface area contributed by atoms with Crippen molar-refractivity contribution in [2.75, 3.05) is 25.6 Å². The third kappa shape index (κ3) is 6.85. The van der Waals surface area contributed by atoms with Crippen LogP contribution in [0.5, 0.6) is 11.5 Å². The number of urea groups is 1. The van der Waals surface area contributed by atoms with Crippen LogP contribution >= 0.6 is 0 Å². The summed E-state index contributed by atoms with van der Waals surface area (Å²) in [6.45, 7) is -0.931. The van der Waals surface area contributed by atoms with Crippen molar-refractivity contribution in [1.29, 1.82) is 0 Å². The summed E-state index contributed by atoms with van der Waals surface area (Å²) in [5.41, 5.74) is 1.67. The van der Waals surface area contributed by atoms with Gasteiger partial charge in [-0.1, -0.05) is 11.6 Å². The van der Waals surface area contributed by atoms with Crippen LogP contribution in [0.4, 0.5) is 23.7 Å². The number of hydrogen-bond donors (Lipinski definition) is 2. The van der Waals surface area contributed by atoms with Crippen molar-refractivity contribution < 1.29 is 27.4 Å². The summed E-state index contributed by atoms with van der Waals surface area (Å²) in [5.74, 6) is 0.0689. The molecule has 2 amide bonds. The third-order valence-electron chi connectivity index (χ3n) is 3.93. The lowest BCUT2D eigenvalue weighted by Gasteiger charge is -2.15. The van der Waals surface area contributed by atoms with E-state index in [2.05, 4.69) is 16.7 Å². The first-order chi connectivity index (χ1) is 12.4. The second kappa shape index (κ2) is 9.35. The number of hydrogen-bond acceptors (Lipinski definition) is 3. The Bertz CT molecular complexity index is 645. The molecule has 1 aromatic carbocycles. The topological polar surface area (TPSA) is 59.6 Å². The standard InChI is InChI=1S/C18H23F3N2O3/c1-25-15-8-7-14(11-16(15)26-12-18(19,20)21)23-17(24)22-10-9-13-5-3-2-4-6-13/h5,7-8,11H,2-4,6,9-10,12H2,1H3,(H2,22,23,24). The molecule has 0 spiro atoms. The molecule has 1 aliphatic rings. The lowest BCUT2D eigenvalue weighted by Crippen LogP contribution is -2.29. The van der Waals surface area contributed by atoms with Crippen LogP contribution in [0.3, 0.4) is 0 Å². The molecule has 0 saturated heterocycles. The van der Waals surface area contributed by atoms with Gasteiger partial charge in [-0.2, -0.15) is 13.2 Å². The van der Waals surface area contributed by atoms with E-state index in [0.29, 0.717) is 12.2 Å². The van der Waals surface area contributed by atoms with Crippen LogP contribution in [0, 0.1) is 0 Å². The zero-order valence-corrected chi connectivity index (χ0v) is 14.6. The van der Waals surface area contributed by atoms with Crippen molar-refractivity contribution in [2.45, 2.75) is 38.3 Å². The van der Waals surface area contributed by atoms with Gasteiger partial charge >= 0.3 is 12.2 Å². The number of rotatable bonds is 7. The molecule has 1 aliphatic carbocycles. The molecular weight excluding hydrogens is 349 g/mol. The molecule has 0 fully saturated rings. The maximum atomic E-state index is 12.3. The number of nitrogens with one attached hydrogen (secondary N) is 2. The molecule has 8 heteroatoms. The number of allylic oxidation sites excluding steroid dienone is 1. The first kappa shape index (κ1) is 19.9. The van der Waals surface area contributed by atoms with Gasteiger partial charge in [0.1, 0.15) is 0 Å². The molecule has 0 bridgehead atoms. The number of benzene rings is 1. The van der Waals surface area contributed by atoms with E-state index in [1.165, 1.54) is 43.7 Å². The van der Waals surface area contributed by atoms with Gasteiger partial charge in [-0.3, -0.25) is 0 Å². The second-order valence-electron chi connectivity index (χ2n) is 6.01. The minimum absolute atomic E-state index is 0.0880. The summed E-state index contributed by atoms with van der Waals surface area (Å²) >= 11 is 0. The predicted molar refractivity (Wildman–Crippen MR) is 92.7 cm³/mol. The van der Waals surface area contributed by atoms with Crippen molar-refractivity contribution in [3.8, 4) is 11.5 Å². The Kier molecular flexibility index (Phi) is 7.17. The SMILES string of the molecule is COc1ccc(NC(=O)NCCC2=CCCCC2)cc1OCC(F)(F)F. The van der Waals surface area contributed by atoms with Crippen molar-refractivity contribution >= 4 is 11.7 Å². The Morgan fingerprint density at radius 1 is 1.23 bits per heavy atom. The van der Waals surface area contributed by atoms with Crippen molar-refractivity contribution in [3.05, 3.63) is 29.8 Å². The van der Waals surface area contributed by atoms with Gasteiger partial charge in [0.25, 0.3) is 0 Å². The molecule has 0 radical (unpaired) electrons. The number of ether oxygens (including phenoxy) is 2. The van der Waals surface area contributed by atoms with Gasteiger partial charge in [0.2, 0.25) is 0 Å². The summed E-state index contributed by atoms with van der Waals surface area (Å²) in [5, 5.41) is 5.32. The van der Waals surface area contributed by atoms with Crippen LogP contribution in [0.15, 0.2) is 29.8 Å². The highest BCUT2D eigenvalue weighted by Gasteiger charge is 2.29. The Balaban J connectivity index is 1.87. The Morgan fingerprint density at radius 3 is 2.69 bits per heavy atom. The number of carbonyl (C=O) groups excluding carboxylic acids is 1. The van der Waals surface area contributed by atoms with Gasteiger partial charge in [0.15, 0.2) is 18.1 Å². The van der Waals surface area contributed by atoms with Crippen molar-refractivity contribution in [1.82, 2.24) is 5.32 Å². The highest BCUT2D eigenvalue weighted by Crippen LogP contribution is 2.31. The summed E-state index contributed by atoms with van der Waals surface area (Å²) in [6, 6.07) is 3.85. The van der Waals surface area contributed by atoms with Gasteiger partial charge in [-0.25, -0.2) is 4.79 Å². The summed E-state index contributed by atoms with van der Waals surface area (Å²) < 4.78 is 46.7. The minimum atomic E-state index is -4.46. The average molecular weight is 372 g/mol. The molecular formula is C18H23F3N2O3. The molecule has 1 aromatic rings. The Labute approximate surface area is 150 Å². The minimum Gasteiger partial charge on any atom is -0.493 e. The summed E-state index contributed by atoms with van der Waals surface area (Å²) in [6.07, 6.45) is 3.13. The highest BCUT2D eigenvalue weighted by atomic mass is 19.4. The predicted octanol–water partition coefficient (Wildman–Crippen LogP) is 4.65. The van der Waals surface area contributed by atoms with Gasteiger partial charge in [0.05, 0.1) is 7.11 Å². The monoisotopic (exact) mass is 372 g/mol. The molecule has 2 N–H and O–H groups in total. The first-order valence-electron chi connectivity index (χ1n) is 8.48. The molecule has 26 heavy (non-hydrogen) atoms. The molecule has 0 atom stereocenters. The average Bonchev–Trinajstić information content (AvgIpc) is 2.60.